The fourth-order valence-corrected chi connectivity index (χ4v) is 5.96. The van der Waals surface area contributed by atoms with Crippen LogP contribution in [0.3, 0.4) is 0 Å². The van der Waals surface area contributed by atoms with Crippen molar-refractivity contribution in [2.24, 2.45) is 0 Å². The molecular formula is C23H23N3O5S2. The highest BCUT2D eigenvalue weighted by atomic mass is 32.2. The van der Waals surface area contributed by atoms with Crippen LogP contribution in [-0.2, 0) is 14.8 Å². The summed E-state index contributed by atoms with van der Waals surface area (Å²) in [7, 11) is -2.47. The maximum atomic E-state index is 12.9. The molecule has 8 nitrogen and oxygen atoms in total. The lowest BCUT2D eigenvalue weighted by Gasteiger charge is -2.19. The summed E-state index contributed by atoms with van der Waals surface area (Å²) in [6, 6.07) is 13.3. The largest absolute Gasteiger partial charge is 0.494 e. The van der Waals surface area contributed by atoms with Gasteiger partial charge in [-0.2, -0.15) is 0 Å². The van der Waals surface area contributed by atoms with E-state index in [-0.39, 0.29) is 15.7 Å². The van der Waals surface area contributed by atoms with E-state index in [4.69, 9.17) is 4.74 Å². The molecule has 172 valence electrons. The fourth-order valence-electron chi connectivity index (χ4n) is 3.58. The number of anilines is 3. The van der Waals surface area contributed by atoms with Gasteiger partial charge in [-0.15, -0.1) is 11.3 Å². The molecule has 1 saturated heterocycles. The summed E-state index contributed by atoms with van der Waals surface area (Å²) in [5.41, 5.74) is 2.48. The molecule has 1 aliphatic rings. The second-order valence-electron chi connectivity index (χ2n) is 7.58. The number of hydrogen-bond acceptors (Lipinski definition) is 6. The minimum absolute atomic E-state index is 0.0274. The van der Waals surface area contributed by atoms with Crippen LogP contribution in [0.4, 0.5) is 17.1 Å². The Hall–Kier alpha value is -3.37. The zero-order valence-corrected chi connectivity index (χ0v) is 19.8. The fraction of sp³-hybridized carbons (Fsp3) is 0.217. The first-order valence-corrected chi connectivity index (χ1v) is 12.6. The molecule has 0 atom stereocenters. The summed E-state index contributed by atoms with van der Waals surface area (Å²) < 4.78 is 33.7. The molecule has 0 radical (unpaired) electrons. The first-order valence-electron chi connectivity index (χ1n) is 10.3. The van der Waals surface area contributed by atoms with Gasteiger partial charge in [-0.25, -0.2) is 8.42 Å². The van der Waals surface area contributed by atoms with Crippen molar-refractivity contribution < 1.29 is 22.7 Å². The molecule has 0 aliphatic carbocycles. The predicted molar refractivity (Wildman–Crippen MR) is 129 cm³/mol. The Morgan fingerprint density at radius 1 is 1.09 bits per heavy atom. The number of sulfonamides is 1. The summed E-state index contributed by atoms with van der Waals surface area (Å²) in [6.45, 7) is 2.52. The van der Waals surface area contributed by atoms with Crippen LogP contribution < -0.4 is 19.7 Å². The topological polar surface area (TPSA) is 105 Å². The van der Waals surface area contributed by atoms with Gasteiger partial charge in [0, 0.05) is 30.4 Å². The monoisotopic (exact) mass is 485 g/mol. The molecule has 0 unspecified atom stereocenters. The van der Waals surface area contributed by atoms with E-state index in [0.717, 1.165) is 23.3 Å². The number of carbonyl (C=O) groups excluding carboxylic acids is 2. The van der Waals surface area contributed by atoms with Crippen LogP contribution in [-0.4, -0.2) is 33.9 Å². The molecule has 1 aliphatic heterocycles. The van der Waals surface area contributed by atoms with Crippen LogP contribution in [0.25, 0.3) is 0 Å². The molecule has 10 heteroatoms. The number of aryl methyl sites for hydroxylation is 1. The number of rotatable bonds is 7. The molecule has 0 saturated carbocycles. The molecule has 2 N–H and O–H groups in total. The number of ether oxygens (including phenoxy) is 1. The molecule has 4 rings (SSSR count). The van der Waals surface area contributed by atoms with Gasteiger partial charge in [0.2, 0.25) is 5.91 Å². The normalized spacial score (nSPS) is 13.8. The van der Waals surface area contributed by atoms with Crippen LogP contribution >= 0.6 is 11.3 Å². The van der Waals surface area contributed by atoms with E-state index in [1.54, 1.807) is 52.7 Å². The molecule has 2 aromatic carbocycles. The maximum absolute atomic E-state index is 12.9. The Balaban J connectivity index is 1.55. The minimum atomic E-state index is -3.96. The van der Waals surface area contributed by atoms with Crippen molar-refractivity contribution in [3.63, 3.8) is 0 Å². The van der Waals surface area contributed by atoms with Crippen LogP contribution in [0.1, 0.15) is 28.1 Å². The number of amides is 2. The lowest BCUT2D eigenvalue weighted by atomic mass is 10.2. The number of benzene rings is 2. The van der Waals surface area contributed by atoms with Gasteiger partial charge in [0.1, 0.15) is 15.5 Å². The van der Waals surface area contributed by atoms with Gasteiger partial charge in [0.15, 0.2) is 0 Å². The molecule has 0 spiro atoms. The molecule has 2 amide bonds. The highest BCUT2D eigenvalue weighted by Crippen LogP contribution is 2.34. The molecule has 1 aromatic heterocycles. The number of carbonyl (C=O) groups is 2. The maximum Gasteiger partial charge on any atom is 0.267 e. The van der Waals surface area contributed by atoms with Crippen LogP contribution in [0, 0.1) is 6.92 Å². The van der Waals surface area contributed by atoms with Crippen molar-refractivity contribution in [3.8, 4) is 5.75 Å². The Labute approximate surface area is 196 Å². The summed E-state index contributed by atoms with van der Waals surface area (Å²) in [4.78, 5) is 26.6. The van der Waals surface area contributed by atoms with Gasteiger partial charge in [-0.3, -0.25) is 14.3 Å². The Morgan fingerprint density at radius 2 is 1.82 bits per heavy atom. The Morgan fingerprint density at radius 3 is 2.48 bits per heavy atom. The Kier molecular flexibility index (Phi) is 6.39. The first kappa shape index (κ1) is 22.8. The lowest BCUT2D eigenvalue weighted by Crippen LogP contribution is -2.24. The van der Waals surface area contributed by atoms with Crippen molar-refractivity contribution in [1.82, 2.24) is 0 Å². The second-order valence-corrected chi connectivity index (χ2v) is 10.1. The van der Waals surface area contributed by atoms with E-state index >= 15 is 0 Å². The van der Waals surface area contributed by atoms with Crippen LogP contribution in [0.5, 0.6) is 5.75 Å². The number of nitrogens with zero attached hydrogens (tertiary/aromatic N) is 1. The predicted octanol–water partition coefficient (Wildman–Crippen LogP) is 4.25. The minimum Gasteiger partial charge on any atom is -0.494 e. The second kappa shape index (κ2) is 9.24. The molecule has 2 heterocycles. The van der Waals surface area contributed by atoms with Crippen molar-refractivity contribution in [1.29, 1.82) is 0 Å². The lowest BCUT2D eigenvalue weighted by molar-refractivity contribution is -0.117. The van der Waals surface area contributed by atoms with Crippen molar-refractivity contribution >= 4 is 50.2 Å². The zero-order chi connectivity index (χ0) is 23.6. The first-order chi connectivity index (χ1) is 15.8. The van der Waals surface area contributed by atoms with Gasteiger partial charge in [-0.05, 0) is 49.1 Å². The number of hydrogen-bond donors (Lipinski definition) is 2. The van der Waals surface area contributed by atoms with Gasteiger partial charge in [0.25, 0.3) is 15.9 Å². The third-order valence-corrected chi connectivity index (χ3v) is 7.70. The summed E-state index contributed by atoms with van der Waals surface area (Å²) in [5, 5.41) is 4.28. The third-order valence-electron chi connectivity index (χ3n) is 5.23. The van der Waals surface area contributed by atoms with E-state index in [9.17, 15) is 18.0 Å². The van der Waals surface area contributed by atoms with Gasteiger partial charge in [0.05, 0.1) is 12.8 Å². The summed E-state index contributed by atoms with van der Waals surface area (Å²) in [6.07, 6.45) is 1.28. The van der Waals surface area contributed by atoms with Gasteiger partial charge in [-0.1, -0.05) is 17.7 Å². The highest BCUT2D eigenvalue weighted by molar-refractivity contribution is 7.93. The third kappa shape index (κ3) is 4.86. The molecular weight excluding hydrogens is 462 g/mol. The average Bonchev–Trinajstić information content (AvgIpc) is 3.45. The number of nitrogens with one attached hydrogen (secondary N) is 2. The standard InChI is InChI=1S/C23H23N3O5S2/c1-15-5-7-16(8-6-15)25-33(29,30)20-11-13-32-22(20)23(28)24-17-9-10-18(19(14-17)31-2)26-12-3-4-21(26)27/h5-11,13-14,25H,3-4,12H2,1-2H3,(H,24,28). The average molecular weight is 486 g/mol. The zero-order valence-electron chi connectivity index (χ0n) is 18.1. The van der Waals surface area contributed by atoms with Crippen molar-refractivity contribution in [2.45, 2.75) is 24.7 Å². The molecule has 33 heavy (non-hydrogen) atoms. The van der Waals surface area contributed by atoms with Crippen LogP contribution in [0.2, 0.25) is 0 Å². The van der Waals surface area contributed by atoms with E-state index in [0.29, 0.717) is 35.8 Å². The number of thiophene rings is 1. The van der Waals surface area contributed by atoms with E-state index in [2.05, 4.69) is 10.0 Å². The highest BCUT2D eigenvalue weighted by Gasteiger charge is 2.26. The van der Waals surface area contributed by atoms with Gasteiger partial charge >= 0.3 is 0 Å². The van der Waals surface area contributed by atoms with E-state index < -0.39 is 15.9 Å². The van der Waals surface area contributed by atoms with E-state index in [1.807, 2.05) is 6.92 Å². The van der Waals surface area contributed by atoms with Gasteiger partial charge < -0.3 is 15.0 Å². The van der Waals surface area contributed by atoms with Crippen molar-refractivity contribution in [2.75, 3.05) is 28.6 Å². The molecule has 1 fully saturated rings. The number of methoxy groups -OCH3 is 1. The quantitative estimate of drug-likeness (QED) is 0.521. The Bertz CT molecular complexity index is 1300. The van der Waals surface area contributed by atoms with Crippen molar-refractivity contribution in [3.05, 3.63) is 64.4 Å². The molecule has 0 bridgehead atoms. The smallest absolute Gasteiger partial charge is 0.267 e. The summed E-state index contributed by atoms with van der Waals surface area (Å²) >= 11 is 1.04. The van der Waals surface area contributed by atoms with Crippen LogP contribution in [0.15, 0.2) is 58.8 Å². The van der Waals surface area contributed by atoms with E-state index in [1.165, 1.54) is 13.2 Å². The molecule has 3 aromatic rings. The summed E-state index contributed by atoms with van der Waals surface area (Å²) in [5.74, 6) is -0.0796. The SMILES string of the molecule is COc1cc(NC(=O)c2sccc2S(=O)(=O)Nc2ccc(C)cc2)ccc1N1CCCC1=O.